The van der Waals surface area contributed by atoms with Crippen molar-refractivity contribution in [2.24, 2.45) is 0 Å². The molecule has 0 saturated heterocycles. The van der Waals surface area contributed by atoms with Crippen LogP contribution in [0.25, 0.3) is 0 Å². The van der Waals surface area contributed by atoms with Gasteiger partial charge in [0.2, 0.25) is 0 Å². The lowest BCUT2D eigenvalue weighted by molar-refractivity contribution is 0.300. The molecule has 0 aliphatic rings. The van der Waals surface area contributed by atoms with Crippen molar-refractivity contribution in [3.05, 3.63) is 0 Å². The maximum absolute atomic E-state index is 10.6. The van der Waals surface area contributed by atoms with Crippen LogP contribution in [0, 0.1) is 0 Å². The minimum Gasteiger partial charge on any atom is -0.556 e. The van der Waals surface area contributed by atoms with E-state index in [2.05, 4.69) is 6.55 Å². The van der Waals surface area contributed by atoms with Gasteiger partial charge >= 0.3 is 18.2 Å². The molecule has 0 N–H and O–H groups in total. The van der Waals surface area contributed by atoms with Crippen molar-refractivity contribution >= 4 is 35.4 Å². The van der Waals surface area contributed by atoms with Crippen LogP contribution >= 0.6 is 0 Å². The first-order valence-corrected chi connectivity index (χ1v) is 13.1. The van der Waals surface area contributed by atoms with Gasteiger partial charge in [0.15, 0.2) is 0 Å². The molecule has 0 aromatic carbocycles. The van der Waals surface area contributed by atoms with Gasteiger partial charge in [0, 0.05) is 13.2 Å². The molecule has 0 amide bonds. The van der Waals surface area contributed by atoms with Gasteiger partial charge in [-0.3, -0.25) is 0 Å². The van der Waals surface area contributed by atoms with Crippen LogP contribution < -0.4 is 0 Å². The van der Waals surface area contributed by atoms with E-state index in [0.29, 0.717) is 0 Å². The summed E-state index contributed by atoms with van der Waals surface area (Å²) in [6, 6.07) is 1.97. The van der Waals surface area contributed by atoms with Gasteiger partial charge in [-0.15, -0.1) is 0 Å². The van der Waals surface area contributed by atoms with Crippen LogP contribution in [-0.2, 0) is 17.5 Å². The van der Waals surface area contributed by atoms with Crippen molar-refractivity contribution in [3.8, 4) is 0 Å². The Hall–Kier alpha value is 0.228. The first-order valence-electron chi connectivity index (χ1n) is 5.06. The molecule has 0 spiro atoms. The third kappa shape index (κ3) is 7.17. The molecule has 0 bridgehead atoms. The smallest absolute Gasteiger partial charge is 0.556 e. The van der Waals surface area contributed by atoms with Gasteiger partial charge in [-0.1, -0.05) is 25.4 Å². The second-order valence-corrected chi connectivity index (χ2v) is 14.2. The average Bonchev–Trinajstić information content (AvgIpc) is 2.24. The SMILES string of the molecule is CO[Si](C)(CCCC[SiH](C)[Si]=O)O[Si]=O. The maximum Gasteiger partial charge on any atom is 0.580 e. The highest BCUT2D eigenvalue weighted by Crippen LogP contribution is 2.16. The maximum atomic E-state index is 10.6. The normalized spacial score (nSPS) is 16.5. The molecule has 0 aromatic heterocycles. The predicted molar refractivity (Wildman–Crippen MR) is 64.5 cm³/mol. The fraction of sp³-hybridized carbons (Fsp3) is 1.00. The van der Waals surface area contributed by atoms with Gasteiger partial charge in [0.25, 0.3) is 8.92 Å². The van der Waals surface area contributed by atoms with Crippen molar-refractivity contribution in [2.75, 3.05) is 7.11 Å². The summed E-state index contributed by atoms with van der Waals surface area (Å²) in [5.41, 5.74) is 0. The number of rotatable bonds is 9. The van der Waals surface area contributed by atoms with E-state index >= 15 is 0 Å². The highest BCUT2D eigenvalue weighted by atomic mass is 29.2. The molecular formula is C7H18O4Si4. The van der Waals surface area contributed by atoms with Crippen molar-refractivity contribution in [3.63, 3.8) is 0 Å². The minimum atomic E-state index is -2.17. The Morgan fingerprint density at radius 1 is 1.33 bits per heavy atom. The van der Waals surface area contributed by atoms with E-state index in [0.717, 1.165) is 24.9 Å². The lowest BCUT2D eigenvalue weighted by Gasteiger charge is -2.22. The summed E-state index contributed by atoms with van der Waals surface area (Å²) in [5, 5.41) is 0. The molecule has 4 nitrogen and oxygen atoms in total. The van der Waals surface area contributed by atoms with Gasteiger partial charge in [-0.2, -0.15) is 0 Å². The van der Waals surface area contributed by atoms with E-state index in [1.54, 1.807) is 7.11 Å². The van der Waals surface area contributed by atoms with E-state index < -0.39 is 26.5 Å². The molecule has 8 heteroatoms. The Bertz CT molecular complexity index is 203. The topological polar surface area (TPSA) is 52.6 Å². The Labute approximate surface area is 98.3 Å². The molecule has 0 rings (SSSR count). The quantitative estimate of drug-likeness (QED) is 0.464. The molecular weight excluding hydrogens is 260 g/mol. The summed E-state index contributed by atoms with van der Waals surface area (Å²) in [4.78, 5) is 0. The third-order valence-corrected chi connectivity index (χ3v) is 10.3. The van der Waals surface area contributed by atoms with Crippen molar-refractivity contribution in [1.29, 1.82) is 0 Å². The first-order chi connectivity index (χ1) is 7.08. The molecule has 2 atom stereocenters. The van der Waals surface area contributed by atoms with Gasteiger partial charge in [-0.25, -0.2) is 0 Å². The van der Waals surface area contributed by atoms with Crippen LogP contribution in [0.4, 0.5) is 0 Å². The lowest BCUT2D eigenvalue weighted by Crippen LogP contribution is -2.37. The fourth-order valence-electron chi connectivity index (χ4n) is 1.24. The molecule has 0 heterocycles. The van der Waals surface area contributed by atoms with Gasteiger partial charge in [-0.05, 0) is 6.55 Å². The molecule has 0 aliphatic carbocycles. The Kier molecular flexibility index (Phi) is 8.51. The predicted octanol–water partition coefficient (Wildman–Crippen LogP) is 0.870. The monoisotopic (exact) mass is 278 g/mol. The number of hydrogen-bond acceptors (Lipinski definition) is 4. The van der Waals surface area contributed by atoms with Gasteiger partial charge < -0.3 is 17.5 Å². The average molecular weight is 279 g/mol. The van der Waals surface area contributed by atoms with Crippen LogP contribution in [0.2, 0.25) is 25.2 Å². The highest BCUT2D eigenvalue weighted by molar-refractivity contribution is 7.05. The fourth-order valence-corrected chi connectivity index (χ4v) is 5.77. The number of hydrogen-bond donors (Lipinski definition) is 0. The van der Waals surface area contributed by atoms with Crippen molar-refractivity contribution < 1.29 is 17.5 Å². The zero-order valence-corrected chi connectivity index (χ0v) is 13.7. The molecule has 0 saturated carbocycles. The largest absolute Gasteiger partial charge is 0.580 e. The van der Waals surface area contributed by atoms with Crippen molar-refractivity contribution in [1.82, 2.24) is 0 Å². The molecule has 2 radical (unpaired) electrons. The van der Waals surface area contributed by atoms with E-state index in [1.165, 1.54) is 0 Å². The summed E-state index contributed by atoms with van der Waals surface area (Å²) in [6.45, 7) is 4.04. The second-order valence-electron chi connectivity index (χ2n) is 3.79. The third-order valence-electron chi connectivity index (χ3n) is 2.41. The molecule has 0 aliphatic heterocycles. The van der Waals surface area contributed by atoms with Crippen LogP contribution in [0.1, 0.15) is 12.8 Å². The molecule has 0 fully saturated rings. The van der Waals surface area contributed by atoms with Crippen LogP contribution in [0.15, 0.2) is 0 Å². The Morgan fingerprint density at radius 3 is 2.47 bits per heavy atom. The molecule has 15 heavy (non-hydrogen) atoms. The van der Waals surface area contributed by atoms with Crippen LogP contribution in [0.3, 0.4) is 0 Å². The zero-order chi connectivity index (χ0) is 11.7. The number of unbranched alkanes of at least 4 members (excludes halogenated alkanes) is 1. The van der Waals surface area contributed by atoms with Crippen LogP contribution in [0.5, 0.6) is 0 Å². The molecule has 86 valence electrons. The van der Waals surface area contributed by atoms with Gasteiger partial charge in [0.05, 0.1) is 8.31 Å². The summed E-state index contributed by atoms with van der Waals surface area (Å²) in [7, 11) is -2.31. The summed E-state index contributed by atoms with van der Waals surface area (Å²) in [5.74, 6) is 0. The Balaban J connectivity index is 3.71. The highest BCUT2D eigenvalue weighted by Gasteiger charge is 2.30. The lowest BCUT2D eigenvalue weighted by atomic mass is 10.4. The van der Waals surface area contributed by atoms with E-state index in [9.17, 15) is 8.92 Å². The molecule has 0 aromatic rings. The van der Waals surface area contributed by atoms with Crippen molar-refractivity contribution in [2.45, 2.75) is 38.0 Å². The van der Waals surface area contributed by atoms with E-state index in [1.807, 2.05) is 6.55 Å². The zero-order valence-electron chi connectivity index (χ0n) is 9.54. The Morgan fingerprint density at radius 2 is 2.00 bits per heavy atom. The van der Waals surface area contributed by atoms with E-state index in [-0.39, 0.29) is 8.92 Å². The van der Waals surface area contributed by atoms with Crippen LogP contribution in [-0.4, -0.2) is 42.6 Å². The standard InChI is InChI=1S/C7H18O4Si4/c1-10-15(3,11-12-8)7-5-4-6-14(2)13-9/h14H,4-7H2,1-3H3. The second kappa shape index (κ2) is 8.39. The minimum absolute atomic E-state index is 0.0808. The molecule has 2 unspecified atom stereocenters. The summed E-state index contributed by atoms with van der Waals surface area (Å²) >= 11 is 0. The van der Waals surface area contributed by atoms with E-state index in [4.69, 9.17) is 8.54 Å². The first kappa shape index (κ1) is 15.2. The van der Waals surface area contributed by atoms with Gasteiger partial charge in [0.1, 0.15) is 0 Å². The summed E-state index contributed by atoms with van der Waals surface area (Å²) < 4.78 is 31.4. The summed E-state index contributed by atoms with van der Waals surface area (Å²) in [6.07, 6.45) is 2.10.